The Balaban J connectivity index is 1.67. The topological polar surface area (TPSA) is 89.0 Å². The fraction of sp³-hybridized carbons (Fsp3) is 0.227. The fourth-order valence-electron chi connectivity index (χ4n) is 3.42. The molecule has 0 saturated heterocycles. The fourth-order valence-corrected chi connectivity index (χ4v) is 3.42. The molecule has 0 fully saturated rings. The maximum absolute atomic E-state index is 13.5. The van der Waals surface area contributed by atoms with Gasteiger partial charge < -0.3 is 14.2 Å². The van der Waals surface area contributed by atoms with Gasteiger partial charge in [0.2, 0.25) is 12.1 Å². The van der Waals surface area contributed by atoms with E-state index >= 15 is 0 Å². The summed E-state index contributed by atoms with van der Waals surface area (Å²) in [6.45, 7) is 1.20. The second kappa shape index (κ2) is 8.49. The second-order valence-corrected chi connectivity index (χ2v) is 7.06. The summed E-state index contributed by atoms with van der Waals surface area (Å²) in [6, 6.07) is 11.7. The zero-order valence-electron chi connectivity index (χ0n) is 17.8. The molecule has 0 saturated carbocycles. The van der Waals surface area contributed by atoms with Crippen LogP contribution in [0.2, 0.25) is 0 Å². The van der Waals surface area contributed by atoms with Gasteiger partial charge in [0.25, 0.3) is 5.90 Å². The van der Waals surface area contributed by atoms with E-state index in [9.17, 15) is 18.0 Å². The highest BCUT2D eigenvalue weighted by Gasteiger charge is 2.41. The van der Waals surface area contributed by atoms with E-state index < -0.39 is 23.9 Å². The highest BCUT2D eigenvalue weighted by Crippen LogP contribution is 2.39. The third-order valence-corrected chi connectivity index (χ3v) is 4.99. The Morgan fingerprint density at radius 1 is 1.09 bits per heavy atom. The molecular weight excluding hydrogens is 441 g/mol. The van der Waals surface area contributed by atoms with E-state index in [1.807, 2.05) is 0 Å². The lowest BCUT2D eigenvalue weighted by Crippen LogP contribution is -2.27. The van der Waals surface area contributed by atoms with Crippen molar-refractivity contribution in [3.63, 3.8) is 0 Å². The first-order valence-electron chi connectivity index (χ1n) is 9.72. The van der Waals surface area contributed by atoms with Crippen molar-refractivity contribution in [1.29, 1.82) is 0 Å². The standard InChI is InChI=1S/C22H19F3N4O4/c1-12(30)29-21(14-6-4-5-7-15(14)22(23,24)25)33-20(28-29)17-11-16(26-27-17)13-8-9-18(31-2)19(10-13)32-3/h4-11,21H,1-3H3,(H,26,27). The van der Waals surface area contributed by atoms with Crippen molar-refractivity contribution < 1.29 is 32.2 Å². The van der Waals surface area contributed by atoms with Crippen LogP contribution in [0.4, 0.5) is 13.2 Å². The lowest BCUT2D eigenvalue weighted by molar-refractivity contribution is -0.143. The maximum atomic E-state index is 13.5. The first kappa shape index (κ1) is 22.2. The number of nitrogens with zero attached hydrogens (tertiary/aromatic N) is 3. The van der Waals surface area contributed by atoms with Gasteiger partial charge >= 0.3 is 6.18 Å². The van der Waals surface area contributed by atoms with E-state index in [-0.39, 0.29) is 17.2 Å². The molecule has 1 aliphatic rings. The number of halogens is 3. The number of benzene rings is 2. The average molecular weight is 460 g/mol. The summed E-state index contributed by atoms with van der Waals surface area (Å²) in [5.74, 6) is 0.405. The number of carbonyl (C=O) groups excluding carboxylic acids is 1. The van der Waals surface area contributed by atoms with Crippen LogP contribution in [0.1, 0.15) is 30.0 Å². The van der Waals surface area contributed by atoms with E-state index in [1.54, 1.807) is 24.3 Å². The minimum Gasteiger partial charge on any atom is -0.493 e. The Hall–Kier alpha value is -4.02. The van der Waals surface area contributed by atoms with Gasteiger partial charge in [-0.25, -0.2) is 0 Å². The van der Waals surface area contributed by atoms with Crippen molar-refractivity contribution in [2.24, 2.45) is 5.10 Å². The first-order chi connectivity index (χ1) is 15.7. The summed E-state index contributed by atoms with van der Waals surface area (Å²) >= 11 is 0. The van der Waals surface area contributed by atoms with Crippen LogP contribution in [0.15, 0.2) is 53.6 Å². The summed E-state index contributed by atoms with van der Waals surface area (Å²) in [5, 5.41) is 11.9. The molecule has 4 rings (SSSR count). The summed E-state index contributed by atoms with van der Waals surface area (Å²) in [4.78, 5) is 12.1. The van der Waals surface area contributed by atoms with Gasteiger partial charge in [-0.15, -0.1) is 5.10 Å². The summed E-state index contributed by atoms with van der Waals surface area (Å²) < 4.78 is 56.8. The van der Waals surface area contributed by atoms with Gasteiger partial charge in [-0.05, 0) is 30.3 Å². The van der Waals surface area contributed by atoms with Crippen molar-refractivity contribution in [2.75, 3.05) is 14.2 Å². The number of hydrazone groups is 1. The SMILES string of the molecule is COc1ccc(-c2cc(C3=NN(C(C)=O)C(c4ccccc4C(F)(F)F)O3)[nH]n2)cc1OC. The van der Waals surface area contributed by atoms with Gasteiger partial charge in [-0.1, -0.05) is 18.2 Å². The van der Waals surface area contributed by atoms with Gasteiger partial charge in [0, 0.05) is 18.1 Å². The van der Waals surface area contributed by atoms with Crippen LogP contribution in [0.3, 0.4) is 0 Å². The molecule has 1 unspecified atom stereocenters. The van der Waals surface area contributed by atoms with Crippen LogP contribution in [-0.4, -0.2) is 41.2 Å². The zero-order valence-corrected chi connectivity index (χ0v) is 17.8. The van der Waals surface area contributed by atoms with Crippen LogP contribution in [0.5, 0.6) is 11.5 Å². The van der Waals surface area contributed by atoms with Gasteiger partial charge in [0.1, 0.15) is 5.69 Å². The van der Waals surface area contributed by atoms with Gasteiger partial charge in [0.05, 0.1) is 25.5 Å². The van der Waals surface area contributed by atoms with Gasteiger partial charge in [-0.3, -0.25) is 9.89 Å². The number of alkyl halides is 3. The van der Waals surface area contributed by atoms with Gasteiger partial charge in [0.15, 0.2) is 11.5 Å². The van der Waals surface area contributed by atoms with E-state index in [1.165, 1.54) is 39.3 Å². The predicted molar refractivity (Wildman–Crippen MR) is 111 cm³/mol. The summed E-state index contributed by atoms with van der Waals surface area (Å²) in [6.07, 6.45) is -6.00. The number of nitrogens with one attached hydrogen (secondary N) is 1. The number of aromatic nitrogens is 2. The predicted octanol–water partition coefficient (Wildman–Crippen LogP) is 4.35. The molecule has 0 spiro atoms. The Labute approximate surface area is 186 Å². The zero-order chi connectivity index (χ0) is 23.8. The highest BCUT2D eigenvalue weighted by molar-refractivity contribution is 5.95. The van der Waals surface area contributed by atoms with E-state index in [2.05, 4.69) is 15.3 Å². The number of hydrogen-bond donors (Lipinski definition) is 1. The van der Waals surface area contributed by atoms with Crippen molar-refractivity contribution in [3.8, 4) is 22.8 Å². The Kier molecular flexibility index (Phi) is 5.71. The molecular formula is C22H19F3N4O4. The molecule has 0 radical (unpaired) electrons. The Morgan fingerprint density at radius 2 is 1.82 bits per heavy atom. The molecule has 0 aliphatic carbocycles. The van der Waals surface area contributed by atoms with E-state index in [0.29, 0.717) is 22.8 Å². The molecule has 11 heteroatoms. The number of ether oxygens (including phenoxy) is 3. The summed E-state index contributed by atoms with van der Waals surface area (Å²) in [7, 11) is 3.03. The molecule has 1 aliphatic heterocycles. The number of amides is 1. The third kappa shape index (κ3) is 4.21. The van der Waals surface area contributed by atoms with Crippen molar-refractivity contribution in [2.45, 2.75) is 19.3 Å². The quantitative estimate of drug-likeness (QED) is 0.612. The van der Waals surface area contributed by atoms with Crippen LogP contribution >= 0.6 is 0 Å². The normalized spacial score (nSPS) is 15.8. The minimum atomic E-state index is -4.63. The first-order valence-corrected chi connectivity index (χ1v) is 9.72. The average Bonchev–Trinajstić information content (AvgIpc) is 3.45. The Bertz CT molecular complexity index is 1220. The maximum Gasteiger partial charge on any atom is 0.416 e. The molecule has 33 heavy (non-hydrogen) atoms. The lowest BCUT2D eigenvalue weighted by Gasteiger charge is -2.22. The minimum absolute atomic E-state index is 0.0635. The van der Waals surface area contributed by atoms with Crippen LogP contribution < -0.4 is 9.47 Å². The molecule has 1 atom stereocenters. The van der Waals surface area contributed by atoms with E-state index in [4.69, 9.17) is 14.2 Å². The Morgan fingerprint density at radius 3 is 2.48 bits per heavy atom. The van der Waals surface area contributed by atoms with Crippen molar-refractivity contribution in [3.05, 3.63) is 65.4 Å². The van der Waals surface area contributed by atoms with Crippen LogP contribution in [0.25, 0.3) is 11.3 Å². The van der Waals surface area contributed by atoms with Crippen molar-refractivity contribution >= 4 is 11.8 Å². The summed E-state index contributed by atoms with van der Waals surface area (Å²) in [5.41, 5.74) is 0.354. The van der Waals surface area contributed by atoms with E-state index in [0.717, 1.165) is 11.1 Å². The molecule has 0 bridgehead atoms. The number of carbonyl (C=O) groups is 1. The van der Waals surface area contributed by atoms with Crippen LogP contribution in [0, 0.1) is 0 Å². The molecule has 2 aromatic carbocycles. The van der Waals surface area contributed by atoms with Gasteiger partial charge in [-0.2, -0.15) is 23.3 Å². The molecule has 8 nitrogen and oxygen atoms in total. The largest absolute Gasteiger partial charge is 0.493 e. The molecule has 1 aromatic heterocycles. The lowest BCUT2D eigenvalue weighted by atomic mass is 10.1. The smallest absolute Gasteiger partial charge is 0.416 e. The number of rotatable bonds is 5. The number of aromatic amines is 1. The highest BCUT2D eigenvalue weighted by atomic mass is 19.4. The second-order valence-electron chi connectivity index (χ2n) is 7.06. The molecule has 172 valence electrons. The molecule has 3 aromatic rings. The third-order valence-electron chi connectivity index (χ3n) is 4.99. The molecule has 1 N–H and O–H groups in total. The number of hydrogen-bond acceptors (Lipinski definition) is 6. The van der Waals surface area contributed by atoms with Crippen LogP contribution in [-0.2, 0) is 15.7 Å². The van der Waals surface area contributed by atoms with Crippen molar-refractivity contribution in [1.82, 2.24) is 15.2 Å². The number of H-pyrrole nitrogens is 1. The monoisotopic (exact) mass is 460 g/mol. The molecule has 1 amide bonds. The number of methoxy groups -OCH3 is 2. The molecule has 2 heterocycles.